The lowest BCUT2D eigenvalue weighted by Crippen LogP contribution is -2.10. The number of aryl methyl sites for hydroxylation is 1. The number of nitrogens with zero attached hydrogens (tertiary/aromatic N) is 1. The zero-order chi connectivity index (χ0) is 20.1. The van der Waals surface area contributed by atoms with Crippen molar-refractivity contribution in [2.45, 2.75) is 12.8 Å². The molecule has 0 spiro atoms. The quantitative estimate of drug-likeness (QED) is 0.257. The molecule has 0 amide bonds. The van der Waals surface area contributed by atoms with Crippen molar-refractivity contribution < 1.29 is 28.0 Å². The van der Waals surface area contributed by atoms with Crippen LogP contribution in [0.4, 0.5) is 10.1 Å². The maximum atomic E-state index is 13.8. The Morgan fingerprint density at radius 2 is 1.96 bits per heavy atom. The fourth-order valence-corrected chi connectivity index (χ4v) is 2.57. The molecule has 0 fully saturated rings. The first-order chi connectivity index (χ1) is 13.5. The number of hydrogen-bond acceptors (Lipinski definition) is 6. The minimum Gasteiger partial charge on any atom is -0.496 e. The van der Waals surface area contributed by atoms with Crippen molar-refractivity contribution in [2.24, 2.45) is 0 Å². The monoisotopic (exact) mass is 385 g/mol. The molecule has 144 valence electrons. The maximum Gasteiger partial charge on any atom is 0.315 e. The van der Waals surface area contributed by atoms with E-state index in [-0.39, 0.29) is 30.0 Å². The van der Waals surface area contributed by atoms with Crippen LogP contribution in [0.15, 0.2) is 59.0 Å². The normalized spacial score (nSPS) is 10.5. The molecule has 0 aliphatic carbocycles. The topological polar surface area (TPSA) is 91.8 Å². The molecule has 0 N–H and O–H groups in total. The lowest BCUT2D eigenvalue weighted by Gasteiger charge is -2.06. The molecule has 2 aromatic carbocycles. The molecule has 0 saturated carbocycles. The average molecular weight is 385 g/mol. The van der Waals surface area contributed by atoms with Gasteiger partial charge in [0.1, 0.15) is 23.1 Å². The van der Waals surface area contributed by atoms with E-state index in [4.69, 9.17) is 13.9 Å². The predicted octanol–water partition coefficient (Wildman–Crippen LogP) is 4.54. The van der Waals surface area contributed by atoms with Crippen LogP contribution in [-0.2, 0) is 11.2 Å². The van der Waals surface area contributed by atoms with E-state index in [0.29, 0.717) is 17.1 Å². The van der Waals surface area contributed by atoms with Gasteiger partial charge in [-0.2, -0.15) is 0 Å². The Hall–Kier alpha value is -3.68. The van der Waals surface area contributed by atoms with Crippen LogP contribution in [0.2, 0.25) is 0 Å². The summed E-state index contributed by atoms with van der Waals surface area (Å²) < 4.78 is 29.4. The molecule has 0 aliphatic heterocycles. The van der Waals surface area contributed by atoms with Gasteiger partial charge in [-0.3, -0.25) is 14.9 Å². The van der Waals surface area contributed by atoms with Crippen LogP contribution in [-0.4, -0.2) is 18.0 Å². The van der Waals surface area contributed by atoms with Crippen molar-refractivity contribution in [3.05, 3.63) is 76.3 Å². The number of rotatable bonds is 7. The molecular weight excluding hydrogens is 369 g/mol. The molecule has 7 nitrogen and oxygen atoms in total. The van der Waals surface area contributed by atoms with E-state index in [0.717, 1.165) is 0 Å². The third-order valence-electron chi connectivity index (χ3n) is 3.96. The highest BCUT2D eigenvalue weighted by Gasteiger charge is 2.19. The van der Waals surface area contributed by atoms with Crippen LogP contribution in [0.3, 0.4) is 0 Å². The summed E-state index contributed by atoms with van der Waals surface area (Å²) in [4.78, 5) is 22.5. The van der Waals surface area contributed by atoms with E-state index in [9.17, 15) is 19.3 Å². The van der Waals surface area contributed by atoms with Gasteiger partial charge < -0.3 is 13.9 Å². The molecule has 1 heterocycles. The zero-order valence-electron chi connectivity index (χ0n) is 14.9. The van der Waals surface area contributed by atoms with E-state index in [1.807, 2.05) is 0 Å². The van der Waals surface area contributed by atoms with E-state index in [1.54, 1.807) is 30.3 Å². The van der Waals surface area contributed by atoms with Gasteiger partial charge in [-0.15, -0.1) is 0 Å². The number of carbonyl (C=O) groups excluding carboxylic acids is 1. The highest BCUT2D eigenvalue weighted by molar-refractivity contribution is 5.74. The highest BCUT2D eigenvalue weighted by Crippen LogP contribution is 2.31. The third kappa shape index (κ3) is 4.35. The van der Waals surface area contributed by atoms with Gasteiger partial charge in [-0.05, 0) is 36.4 Å². The van der Waals surface area contributed by atoms with Crippen LogP contribution in [0.25, 0.3) is 11.3 Å². The van der Waals surface area contributed by atoms with E-state index >= 15 is 0 Å². The molecule has 0 aliphatic rings. The first-order valence-electron chi connectivity index (χ1n) is 8.34. The number of carbonyl (C=O) groups is 1. The summed E-state index contributed by atoms with van der Waals surface area (Å²) in [6.07, 6.45) is 0.143. The van der Waals surface area contributed by atoms with Crippen LogP contribution >= 0.6 is 0 Å². The molecule has 0 bridgehead atoms. The van der Waals surface area contributed by atoms with E-state index < -0.39 is 16.7 Å². The Labute approximate surface area is 159 Å². The lowest BCUT2D eigenvalue weighted by atomic mass is 10.1. The second kappa shape index (κ2) is 8.34. The van der Waals surface area contributed by atoms with Gasteiger partial charge in [0.15, 0.2) is 0 Å². The number of hydrogen-bond donors (Lipinski definition) is 0. The van der Waals surface area contributed by atoms with Crippen LogP contribution in [0.1, 0.15) is 12.2 Å². The molecule has 0 saturated heterocycles. The smallest absolute Gasteiger partial charge is 0.315 e. The molecule has 0 radical (unpaired) electrons. The number of nitro groups is 1. The number of halogens is 1. The molecule has 1 aromatic heterocycles. The minimum absolute atomic E-state index is 0.0621. The molecular formula is C20H16FNO6. The Morgan fingerprint density at radius 1 is 1.18 bits per heavy atom. The molecule has 0 atom stereocenters. The van der Waals surface area contributed by atoms with Gasteiger partial charge in [0, 0.05) is 6.42 Å². The number of furan rings is 1. The van der Waals surface area contributed by atoms with Gasteiger partial charge in [-0.25, -0.2) is 4.39 Å². The summed E-state index contributed by atoms with van der Waals surface area (Å²) in [5.74, 6) is -0.122. The van der Waals surface area contributed by atoms with Crippen LogP contribution in [0.5, 0.6) is 11.5 Å². The summed E-state index contributed by atoms with van der Waals surface area (Å²) in [7, 11) is 1.38. The molecule has 8 heteroatoms. The molecule has 28 heavy (non-hydrogen) atoms. The standard InChI is InChI=1S/C20H16FNO6/c1-26-14-7-10-19(17(12-14)22(24)25)28-20(23)11-8-13-6-9-18(27-13)15-4-2-3-5-16(15)21/h2-7,9-10,12H,8,11H2,1H3. The fraction of sp³-hybridized carbons (Fsp3) is 0.150. The highest BCUT2D eigenvalue weighted by atomic mass is 19.1. The van der Waals surface area contributed by atoms with Gasteiger partial charge in [0.25, 0.3) is 0 Å². The Balaban J connectivity index is 1.64. The van der Waals surface area contributed by atoms with Gasteiger partial charge >= 0.3 is 11.7 Å². The largest absolute Gasteiger partial charge is 0.496 e. The maximum absolute atomic E-state index is 13.8. The Morgan fingerprint density at radius 3 is 2.68 bits per heavy atom. The van der Waals surface area contributed by atoms with Crippen molar-refractivity contribution in [3.8, 4) is 22.8 Å². The van der Waals surface area contributed by atoms with Crippen LogP contribution < -0.4 is 9.47 Å². The number of methoxy groups -OCH3 is 1. The molecule has 0 unspecified atom stereocenters. The summed E-state index contributed by atoms with van der Waals surface area (Å²) in [5.41, 5.74) is -0.0438. The van der Waals surface area contributed by atoms with Gasteiger partial charge in [0.05, 0.1) is 30.1 Å². The van der Waals surface area contributed by atoms with Crippen molar-refractivity contribution in [1.29, 1.82) is 0 Å². The third-order valence-corrected chi connectivity index (χ3v) is 3.96. The van der Waals surface area contributed by atoms with Gasteiger partial charge in [0.2, 0.25) is 5.75 Å². The minimum atomic E-state index is -0.655. The number of esters is 1. The fourth-order valence-electron chi connectivity index (χ4n) is 2.57. The second-order valence-corrected chi connectivity index (χ2v) is 5.81. The molecule has 3 aromatic rings. The Bertz CT molecular complexity index is 1010. The first kappa shape index (κ1) is 19.1. The van der Waals surface area contributed by atoms with E-state index in [2.05, 4.69) is 0 Å². The average Bonchev–Trinajstić information content (AvgIpc) is 3.15. The van der Waals surface area contributed by atoms with E-state index in [1.165, 1.54) is 31.4 Å². The predicted molar refractivity (Wildman–Crippen MR) is 97.7 cm³/mol. The summed E-state index contributed by atoms with van der Waals surface area (Å²) in [6.45, 7) is 0. The number of ether oxygens (including phenoxy) is 2. The molecule has 3 rings (SSSR count). The summed E-state index contributed by atoms with van der Waals surface area (Å²) in [6, 6.07) is 13.4. The van der Waals surface area contributed by atoms with Crippen LogP contribution in [0, 0.1) is 15.9 Å². The van der Waals surface area contributed by atoms with Gasteiger partial charge in [-0.1, -0.05) is 12.1 Å². The summed E-state index contributed by atoms with van der Waals surface area (Å²) >= 11 is 0. The lowest BCUT2D eigenvalue weighted by molar-refractivity contribution is -0.385. The number of nitro benzene ring substituents is 1. The first-order valence-corrected chi connectivity index (χ1v) is 8.34. The SMILES string of the molecule is COc1ccc(OC(=O)CCc2ccc(-c3ccccc3F)o2)c([N+](=O)[O-])c1. The van der Waals surface area contributed by atoms with Crippen molar-refractivity contribution in [3.63, 3.8) is 0 Å². The zero-order valence-corrected chi connectivity index (χ0v) is 14.9. The Kier molecular flexibility index (Phi) is 5.69. The number of benzene rings is 2. The van der Waals surface area contributed by atoms with Crippen molar-refractivity contribution in [2.75, 3.05) is 7.11 Å². The van der Waals surface area contributed by atoms with Crippen molar-refractivity contribution in [1.82, 2.24) is 0 Å². The second-order valence-electron chi connectivity index (χ2n) is 5.81. The summed E-state index contributed by atoms with van der Waals surface area (Å²) in [5, 5.41) is 11.1. The van der Waals surface area contributed by atoms with Crippen molar-refractivity contribution >= 4 is 11.7 Å².